The Morgan fingerprint density at radius 1 is 0.958 bits per heavy atom. The monoisotopic (exact) mass is 349 g/mol. The van der Waals surface area contributed by atoms with Crippen LogP contribution < -0.4 is 5.32 Å². The third kappa shape index (κ3) is 10.5. The van der Waals surface area contributed by atoms with Gasteiger partial charge < -0.3 is 5.32 Å². The standard InChI is InChI=1S/C21H32ClNO/c1-2-3-4-5-6-7-8-9-10-13-18-23-21(24)17-16-19-14-11-12-15-20(19)22/h11-12,14-17H,2-10,13,18H2,1H3,(H,23,24). The SMILES string of the molecule is CCCCCCCCCCCCNC(=O)C=Cc1ccccc1Cl. The van der Waals surface area contributed by atoms with Crippen LogP contribution >= 0.6 is 11.6 Å². The second kappa shape index (κ2) is 14.1. The lowest BCUT2D eigenvalue weighted by molar-refractivity contribution is -0.116. The Kier molecular flexibility index (Phi) is 12.2. The van der Waals surface area contributed by atoms with Gasteiger partial charge in [0.05, 0.1) is 0 Å². The molecule has 1 rings (SSSR count). The summed E-state index contributed by atoms with van der Waals surface area (Å²) < 4.78 is 0. The third-order valence-electron chi connectivity index (χ3n) is 4.15. The highest BCUT2D eigenvalue weighted by Crippen LogP contribution is 2.16. The molecule has 0 fully saturated rings. The van der Waals surface area contributed by atoms with Crippen LogP contribution in [0.5, 0.6) is 0 Å². The highest BCUT2D eigenvalue weighted by Gasteiger charge is 1.98. The Balaban J connectivity index is 1.97. The number of benzene rings is 1. The zero-order valence-corrected chi connectivity index (χ0v) is 15.8. The van der Waals surface area contributed by atoms with Crippen LogP contribution in [-0.4, -0.2) is 12.5 Å². The molecule has 1 aromatic rings. The van der Waals surface area contributed by atoms with E-state index in [2.05, 4.69) is 12.2 Å². The summed E-state index contributed by atoms with van der Waals surface area (Å²) in [5, 5.41) is 3.59. The summed E-state index contributed by atoms with van der Waals surface area (Å²) >= 11 is 6.05. The van der Waals surface area contributed by atoms with Crippen LogP contribution in [0.15, 0.2) is 30.3 Å². The summed E-state index contributed by atoms with van der Waals surface area (Å²) in [6.07, 6.45) is 16.4. The summed E-state index contributed by atoms with van der Waals surface area (Å²) in [6.45, 7) is 3.01. The van der Waals surface area contributed by atoms with E-state index in [1.54, 1.807) is 12.2 Å². The van der Waals surface area contributed by atoms with E-state index in [0.717, 1.165) is 18.5 Å². The molecule has 0 bridgehead atoms. The topological polar surface area (TPSA) is 29.1 Å². The minimum atomic E-state index is -0.0501. The number of carbonyl (C=O) groups is 1. The van der Waals surface area contributed by atoms with Crippen molar-refractivity contribution in [1.82, 2.24) is 5.32 Å². The summed E-state index contributed by atoms with van der Waals surface area (Å²) in [5.41, 5.74) is 0.869. The molecule has 0 spiro atoms. The first-order valence-electron chi connectivity index (χ1n) is 9.44. The van der Waals surface area contributed by atoms with E-state index in [-0.39, 0.29) is 5.91 Å². The van der Waals surface area contributed by atoms with E-state index in [1.807, 2.05) is 24.3 Å². The molecule has 3 heteroatoms. The van der Waals surface area contributed by atoms with Crippen molar-refractivity contribution in [3.63, 3.8) is 0 Å². The fourth-order valence-electron chi connectivity index (χ4n) is 2.66. The first-order valence-corrected chi connectivity index (χ1v) is 9.82. The van der Waals surface area contributed by atoms with Crippen LogP contribution in [0.4, 0.5) is 0 Å². The lowest BCUT2D eigenvalue weighted by Gasteiger charge is -2.03. The Morgan fingerprint density at radius 3 is 2.17 bits per heavy atom. The number of hydrogen-bond acceptors (Lipinski definition) is 1. The zero-order chi connectivity index (χ0) is 17.5. The van der Waals surface area contributed by atoms with Crippen molar-refractivity contribution < 1.29 is 4.79 Å². The smallest absolute Gasteiger partial charge is 0.243 e. The predicted molar refractivity (Wildman–Crippen MR) is 105 cm³/mol. The Bertz CT molecular complexity index is 484. The second-order valence-electron chi connectivity index (χ2n) is 6.33. The maximum atomic E-state index is 11.7. The molecule has 0 atom stereocenters. The lowest BCUT2D eigenvalue weighted by Crippen LogP contribution is -2.21. The van der Waals surface area contributed by atoms with E-state index < -0.39 is 0 Å². The summed E-state index contributed by atoms with van der Waals surface area (Å²) in [6, 6.07) is 7.51. The van der Waals surface area contributed by atoms with Gasteiger partial charge in [0.1, 0.15) is 0 Å². The molecule has 1 aromatic carbocycles. The van der Waals surface area contributed by atoms with Crippen molar-refractivity contribution in [1.29, 1.82) is 0 Å². The maximum Gasteiger partial charge on any atom is 0.243 e. The molecule has 0 saturated carbocycles. The zero-order valence-electron chi connectivity index (χ0n) is 15.0. The molecule has 0 aliphatic carbocycles. The van der Waals surface area contributed by atoms with Crippen LogP contribution in [0.1, 0.15) is 76.7 Å². The Morgan fingerprint density at radius 2 is 1.54 bits per heavy atom. The fourth-order valence-corrected chi connectivity index (χ4v) is 2.86. The van der Waals surface area contributed by atoms with Crippen molar-refractivity contribution in [2.24, 2.45) is 0 Å². The second-order valence-corrected chi connectivity index (χ2v) is 6.74. The maximum absolute atomic E-state index is 11.7. The van der Waals surface area contributed by atoms with Gasteiger partial charge in [-0.15, -0.1) is 0 Å². The Hall–Kier alpha value is -1.28. The van der Waals surface area contributed by atoms with Crippen LogP contribution in [-0.2, 0) is 4.79 Å². The van der Waals surface area contributed by atoms with Gasteiger partial charge in [0.2, 0.25) is 5.91 Å². The molecule has 0 aliphatic rings. The van der Waals surface area contributed by atoms with E-state index in [1.165, 1.54) is 57.8 Å². The van der Waals surface area contributed by atoms with Gasteiger partial charge in [-0.3, -0.25) is 4.79 Å². The average molecular weight is 350 g/mol. The minimum Gasteiger partial charge on any atom is -0.353 e. The first-order chi connectivity index (χ1) is 11.7. The molecule has 24 heavy (non-hydrogen) atoms. The molecule has 0 unspecified atom stereocenters. The molecule has 0 aromatic heterocycles. The van der Waals surface area contributed by atoms with Gasteiger partial charge in [-0.1, -0.05) is 94.5 Å². The van der Waals surface area contributed by atoms with Crippen molar-refractivity contribution in [2.75, 3.05) is 6.54 Å². The third-order valence-corrected chi connectivity index (χ3v) is 4.49. The lowest BCUT2D eigenvalue weighted by atomic mass is 10.1. The van der Waals surface area contributed by atoms with Gasteiger partial charge >= 0.3 is 0 Å². The van der Waals surface area contributed by atoms with Crippen LogP contribution in [0.25, 0.3) is 6.08 Å². The van der Waals surface area contributed by atoms with Crippen molar-refractivity contribution in [3.05, 3.63) is 40.9 Å². The van der Waals surface area contributed by atoms with Crippen LogP contribution in [0.3, 0.4) is 0 Å². The number of halogens is 1. The minimum absolute atomic E-state index is 0.0501. The molecular weight excluding hydrogens is 318 g/mol. The van der Waals surface area contributed by atoms with Crippen molar-refractivity contribution in [2.45, 2.75) is 71.1 Å². The quantitative estimate of drug-likeness (QED) is 0.324. The van der Waals surface area contributed by atoms with Gasteiger partial charge in [-0.25, -0.2) is 0 Å². The van der Waals surface area contributed by atoms with Crippen LogP contribution in [0.2, 0.25) is 5.02 Å². The molecule has 0 heterocycles. The summed E-state index contributed by atoms with van der Waals surface area (Å²) in [7, 11) is 0. The molecule has 0 radical (unpaired) electrons. The van der Waals surface area contributed by atoms with Gasteiger partial charge in [0.25, 0.3) is 0 Å². The highest BCUT2D eigenvalue weighted by atomic mass is 35.5. The van der Waals surface area contributed by atoms with E-state index >= 15 is 0 Å². The summed E-state index contributed by atoms with van der Waals surface area (Å²) in [4.78, 5) is 11.7. The molecule has 134 valence electrons. The van der Waals surface area contributed by atoms with E-state index in [9.17, 15) is 4.79 Å². The van der Waals surface area contributed by atoms with Crippen LogP contribution in [0, 0.1) is 0 Å². The molecule has 0 aliphatic heterocycles. The Labute approximate surface area is 152 Å². The molecule has 0 saturated heterocycles. The molecule has 1 amide bonds. The number of hydrogen-bond donors (Lipinski definition) is 1. The number of carbonyl (C=O) groups excluding carboxylic acids is 1. The van der Waals surface area contributed by atoms with Gasteiger partial charge in [-0.05, 0) is 24.1 Å². The van der Waals surface area contributed by atoms with Gasteiger partial charge in [0.15, 0.2) is 0 Å². The average Bonchev–Trinajstić information content (AvgIpc) is 2.59. The normalized spacial score (nSPS) is 11.1. The molecular formula is C21H32ClNO. The fraction of sp³-hybridized carbons (Fsp3) is 0.571. The first kappa shape index (κ1) is 20.8. The van der Waals surface area contributed by atoms with Crippen molar-refractivity contribution >= 4 is 23.6 Å². The number of amides is 1. The number of rotatable bonds is 13. The highest BCUT2D eigenvalue weighted by molar-refractivity contribution is 6.32. The predicted octanol–water partition coefficient (Wildman–Crippen LogP) is 6.39. The van der Waals surface area contributed by atoms with E-state index in [0.29, 0.717) is 5.02 Å². The molecule has 2 nitrogen and oxygen atoms in total. The number of unbranched alkanes of at least 4 members (excludes halogenated alkanes) is 9. The van der Waals surface area contributed by atoms with Gasteiger partial charge in [0, 0.05) is 17.6 Å². The van der Waals surface area contributed by atoms with Gasteiger partial charge in [-0.2, -0.15) is 0 Å². The largest absolute Gasteiger partial charge is 0.353 e. The molecule has 1 N–H and O–H groups in total. The summed E-state index contributed by atoms with van der Waals surface area (Å²) in [5.74, 6) is -0.0501. The number of nitrogens with one attached hydrogen (secondary N) is 1. The van der Waals surface area contributed by atoms with Crippen molar-refractivity contribution in [3.8, 4) is 0 Å². The van der Waals surface area contributed by atoms with E-state index in [4.69, 9.17) is 11.6 Å².